The van der Waals surface area contributed by atoms with Gasteiger partial charge in [0.2, 0.25) is 0 Å². The molecule has 7 nitrogen and oxygen atoms in total. The number of hydrogen-bond acceptors (Lipinski definition) is 5. The van der Waals surface area contributed by atoms with Crippen LogP contribution in [0.3, 0.4) is 0 Å². The molecule has 0 aliphatic carbocycles. The van der Waals surface area contributed by atoms with E-state index in [9.17, 15) is 9.59 Å². The van der Waals surface area contributed by atoms with Crippen LogP contribution in [0.5, 0.6) is 0 Å². The lowest BCUT2D eigenvalue weighted by atomic mass is 10.2. The summed E-state index contributed by atoms with van der Waals surface area (Å²) in [5.41, 5.74) is 4.32. The highest BCUT2D eigenvalue weighted by molar-refractivity contribution is 6.35. The summed E-state index contributed by atoms with van der Waals surface area (Å²) in [6.45, 7) is 0.986. The first-order valence-electron chi connectivity index (χ1n) is 9.06. The second-order valence-electron chi connectivity index (χ2n) is 6.41. The van der Waals surface area contributed by atoms with Gasteiger partial charge in [-0.05, 0) is 49.2 Å². The lowest BCUT2D eigenvalue weighted by Crippen LogP contribution is -2.41. The van der Waals surface area contributed by atoms with E-state index in [0.717, 1.165) is 18.5 Å². The Morgan fingerprint density at radius 2 is 1.97 bits per heavy atom. The molecule has 1 fully saturated rings. The van der Waals surface area contributed by atoms with Crippen molar-refractivity contribution in [3.8, 4) is 0 Å². The van der Waals surface area contributed by atoms with Gasteiger partial charge in [0.25, 0.3) is 0 Å². The molecule has 0 radical (unpaired) electrons. The Kier molecular flexibility index (Phi) is 7.46. The van der Waals surface area contributed by atoms with Crippen LogP contribution in [0.1, 0.15) is 18.4 Å². The molecule has 1 aliphatic heterocycles. The molecule has 1 aliphatic rings. The van der Waals surface area contributed by atoms with Crippen molar-refractivity contribution in [1.29, 1.82) is 0 Å². The van der Waals surface area contributed by atoms with Crippen LogP contribution < -0.4 is 16.1 Å². The lowest BCUT2D eigenvalue weighted by Gasteiger charge is -2.11. The minimum absolute atomic E-state index is 0.0400. The van der Waals surface area contributed by atoms with E-state index in [1.165, 1.54) is 6.21 Å². The van der Waals surface area contributed by atoms with Crippen LogP contribution in [0.2, 0.25) is 10.0 Å². The van der Waals surface area contributed by atoms with Crippen molar-refractivity contribution < 1.29 is 14.3 Å². The minimum Gasteiger partial charge on any atom is -0.376 e. The van der Waals surface area contributed by atoms with Gasteiger partial charge in [0.1, 0.15) is 0 Å². The van der Waals surface area contributed by atoms with Gasteiger partial charge in [-0.2, -0.15) is 5.10 Å². The predicted molar refractivity (Wildman–Crippen MR) is 114 cm³/mol. The monoisotopic (exact) mass is 434 g/mol. The van der Waals surface area contributed by atoms with Gasteiger partial charge < -0.3 is 15.4 Å². The van der Waals surface area contributed by atoms with E-state index in [1.54, 1.807) is 30.3 Å². The molecule has 1 heterocycles. The van der Waals surface area contributed by atoms with Crippen molar-refractivity contribution in [2.75, 3.05) is 18.5 Å². The standard InChI is InChI=1S/C20H20Cl2N4O3/c21-14-3-1-4-16(10-14)25-18-7-6-15(22)9-13(18)11-24-26-20(28)19(27)23-12-17-5-2-8-29-17/h1,3-4,6-7,9-11,17,25H,2,5,8,12H2,(H,23,27)(H,26,28)/b24-11-/t17-/m0/s1. The third kappa shape index (κ3) is 6.45. The molecule has 2 amide bonds. The number of benzene rings is 2. The maximum atomic E-state index is 11.9. The average Bonchev–Trinajstić information content (AvgIpc) is 3.21. The van der Waals surface area contributed by atoms with Gasteiger partial charge in [0.05, 0.1) is 12.3 Å². The highest BCUT2D eigenvalue weighted by Gasteiger charge is 2.19. The number of anilines is 2. The Balaban J connectivity index is 1.59. The van der Waals surface area contributed by atoms with Crippen LogP contribution in [0, 0.1) is 0 Å². The molecule has 2 aromatic rings. The summed E-state index contributed by atoms with van der Waals surface area (Å²) < 4.78 is 5.40. The maximum absolute atomic E-state index is 11.9. The molecule has 9 heteroatoms. The molecule has 29 heavy (non-hydrogen) atoms. The van der Waals surface area contributed by atoms with E-state index < -0.39 is 11.8 Å². The van der Waals surface area contributed by atoms with Crippen molar-refractivity contribution in [3.63, 3.8) is 0 Å². The summed E-state index contributed by atoms with van der Waals surface area (Å²) in [5, 5.41) is 10.7. The SMILES string of the molecule is O=C(NC[C@@H]1CCCO1)C(=O)N/N=C\c1cc(Cl)ccc1Nc1cccc(Cl)c1. The first-order valence-corrected chi connectivity index (χ1v) is 9.82. The zero-order chi connectivity index (χ0) is 20.6. The van der Waals surface area contributed by atoms with E-state index in [-0.39, 0.29) is 6.10 Å². The van der Waals surface area contributed by atoms with Crippen molar-refractivity contribution >= 4 is 52.6 Å². The first-order chi connectivity index (χ1) is 14.0. The normalized spacial score (nSPS) is 16.0. The number of nitrogens with one attached hydrogen (secondary N) is 3. The zero-order valence-corrected chi connectivity index (χ0v) is 17.0. The lowest BCUT2D eigenvalue weighted by molar-refractivity contribution is -0.139. The Morgan fingerprint density at radius 1 is 1.14 bits per heavy atom. The van der Waals surface area contributed by atoms with Crippen LogP contribution in [0.25, 0.3) is 0 Å². The topological polar surface area (TPSA) is 91.8 Å². The predicted octanol–water partition coefficient (Wildman–Crippen LogP) is 3.48. The molecular weight excluding hydrogens is 415 g/mol. The first kappa shape index (κ1) is 21.1. The Hall–Kier alpha value is -2.61. The highest BCUT2D eigenvalue weighted by atomic mass is 35.5. The number of hydrogen-bond donors (Lipinski definition) is 3. The fourth-order valence-electron chi connectivity index (χ4n) is 2.78. The van der Waals surface area contributed by atoms with Gasteiger partial charge in [0, 0.05) is 40.1 Å². The molecule has 0 spiro atoms. The zero-order valence-electron chi connectivity index (χ0n) is 15.5. The second kappa shape index (κ2) is 10.2. The molecule has 3 rings (SSSR count). The van der Waals surface area contributed by atoms with Crippen LogP contribution in [-0.2, 0) is 14.3 Å². The minimum atomic E-state index is -0.856. The van der Waals surface area contributed by atoms with Crippen LogP contribution in [0.4, 0.5) is 11.4 Å². The molecule has 1 saturated heterocycles. The van der Waals surface area contributed by atoms with Crippen LogP contribution in [-0.4, -0.2) is 37.3 Å². The van der Waals surface area contributed by atoms with E-state index in [4.69, 9.17) is 27.9 Å². The van der Waals surface area contributed by atoms with Gasteiger partial charge in [-0.3, -0.25) is 9.59 Å². The molecule has 0 aromatic heterocycles. The summed E-state index contributed by atoms with van der Waals surface area (Å²) in [7, 11) is 0. The van der Waals surface area contributed by atoms with E-state index >= 15 is 0 Å². The van der Waals surface area contributed by atoms with Crippen molar-refractivity contribution in [2.45, 2.75) is 18.9 Å². The summed E-state index contributed by atoms with van der Waals surface area (Å²) in [6.07, 6.45) is 3.20. The average molecular weight is 435 g/mol. The largest absolute Gasteiger partial charge is 0.376 e. The fourth-order valence-corrected chi connectivity index (χ4v) is 3.15. The number of ether oxygens (including phenoxy) is 1. The van der Waals surface area contributed by atoms with Crippen LogP contribution >= 0.6 is 23.2 Å². The van der Waals surface area contributed by atoms with Crippen molar-refractivity contribution in [2.24, 2.45) is 5.10 Å². The highest BCUT2D eigenvalue weighted by Crippen LogP contribution is 2.24. The number of halogens is 2. The molecule has 152 valence electrons. The number of amides is 2. The van der Waals surface area contributed by atoms with E-state index in [2.05, 4.69) is 21.2 Å². The number of hydrazone groups is 1. The third-order valence-corrected chi connectivity index (χ3v) is 4.68. The van der Waals surface area contributed by atoms with Gasteiger partial charge in [-0.15, -0.1) is 0 Å². The molecule has 2 aromatic carbocycles. The molecule has 0 unspecified atom stereocenters. The Labute approximate surface area is 178 Å². The van der Waals surface area contributed by atoms with Gasteiger partial charge >= 0.3 is 11.8 Å². The summed E-state index contributed by atoms with van der Waals surface area (Å²) >= 11 is 12.1. The Bertz CT molecular complexity index is 914. The number of carbonyl (C=O) groups is 2. The maximum Gasteiger partial charge on any atom is 0.329 e. The smallest absolute Gasteiger partial charge is 0.329 e. The van der Waals surface area contributed by atoms with Crippen molar-refractivity contribution in [1.82, 2.24) is 10.7 Å². The fraction of sp³-hybridized carbons (Fsp3) is 0.250. The van der Waals surface area contributed by atoms with Gasteiger partial charge in [-0.25, -0.2) is 5.43 Å². The third-order valence-electron chi connectivity index (χ3n) is 4.21. The molecule has 0 saturated carbocycles. The Morgan fingerprint density at radius 3 is 2.72 bits per heavy atom. The second-order valence-corrected chi connectivity index (χ2v) is 7.28. The summed E-state index contributed by atoms with van der Waals surface area (Å²) in [4.78, 5) is 23.7. The molecule has 3 N–H and O–H groups in total. The van der Waals surface area contributed by atoms with Crippen molar-refractivity contribution in [3.05, 3.63) is 58.1 Å². The molecule has 1 atom stereocenters. The summed E-state index contributed by atoms with van der Waals surface area (Å²) in [6, 6.07) is 12.4. The quantitative estimate of drug-likeness (QED) is 0.368. The molecule has 0 bridgehead atoms. The van der Waals surface area contributed by atoms with E-state index in [0.29, 0.717) is 34.4 Å². The van der Waals surface area contributed by atoms with Gasteiger partial charge in [0.15, 0.2) is 0 Å². The number of nitrogens with zero attached hydrogens (tertiary/aromatic N) is 1. The number of carbonyl (C=O) groups excluding carboxylic acids is 2. The summed E-state index contributed by atoms with van der Waals surface area (Å²) in [5.74, 6) is -1.62. The molecular formula is C20H20Cl2N4O3. The van der Waals surface area contributed by atoms with Gasteiger partial charge in [-0.1, -0.05) is 29.3 Å². The van der Waals surface area contributed by atoms with E-state index in [1.807, 2.05) is 12.1 Å². The number of rotatable bonds is 6. The van der Waals surface area contributed by atoms with Crippen LogP contribution in [0.15, 0.2) is 47.6 Å².